The van der Waals surface area contributed by atoms with Crippen LogP contribution in [-0.4, -0.2) is 39.9 Å². The maximum absolute atomic E-state index is 12.7. The number of carbonyl (C=O) groups excluding carboxylic acids is 1. The van der Waals surface area contributed by atoms with Crippen molar-refractivity contribution in [3.63, 3.8) is 0 Å². The average molecular weight is 406 g/mol. The van der Waals surface area contributed by atoms with E-state index in [4.69, 9.17) is 0 Å². The van der Waals surface area contributed by atoms with Crippen molar-refractivity contribution in [1.82, 2.24) is 5.32 Å². The number of nitro groups is 1. The second-order valence-electron chi connectivity index (χ2n) is 6.36. The lowest BCUT2D eigenvalue weighted by atomic mass is 10.1. The number of aryl methyl sites for hydroxylation is 2. The van der Waals surface area contributed by atoms with Crippen molar-refractivity contribution in [2.45, 2.75) is 18.7 Å². The highest BCUT2D eigenvalue weighted by molar-refractivity contribution is 7.92. The quantitative estimate of drug-likeness (QED) is 0.537. The molecule has 0 spiro atoms. The first-order valence-electron chi connectivity index (χ1n) is 8.35. The Morgan fingerprint density at radius 1 is 1.18 bits per heavy atom. The molecule has 2 rings (SSSR count). The third-order valence-electron chi connectivity index (χ3n) is 4.15. The molecule has 150 valence electrons. The van der Waals surface area contributed by atoms with Gasteiger partial charge in [-0.25, -0.2) is 8.42 Å². The smallest absolute Gasteiger partial charge is 0.293 e. The number of rotatable bonds is 7. The lowest BCUT2D eigenvalue weighted by Gasteiger charge is -2.19. The highest BCUT2D eigenvalue weighted by Gasteiger charge is 2.24. The molecular formula is C18H22N4O5S. The first-order valence-corrected chi connectivity index (χ1v) is 9.83. The molecule has 0 unspecified atom stereocenters. The molecule has 0 fully saturated rings. The Hall–Kier alpha value is -3.14. The molecule has 0 atom stereocenters. The zero-order chi connectivity index (χ0) is 21.1. The molecule has 0 aliphatic carbocycles. The number of hydrogen-bond acceptors (Lipinski definition) is 6. The number of hydrogen-bond donors (Lipinski definition) is 2. The van der Waals surface area contributed by atoms with Gasteiger partial charge in [0.05, 0.1) is 22.1 Å². The molecule has 0 saturated heterocycles. The molecule has 10 heteroatoms. The van der Waals surface area contributed by atoms with E-state index < -0.39 is 20.6 Å². The van der Waals surface area contributed by atoms with Crippen LogP contribution < -0.4 is 14.9 Å². The summed E-state index contributed by atoms with van der Waals surface area (Å²) in [5, 5.41) is 13.9. The fraction of sp³-hybridized carbons (Fsp3) is 0.278. The Labute approximate surface area is 163 Å². The SMILES string of the molecule is CNC(=O)CN(C)c1ccc(S(=O)(=O)Nc2ccc(C)cc2C)cc1[N+](=O)[O-]. The van der Waals surface area contributed by atoms with Gasteiger partial charge in [-0.05, 0) is 37.6 Å². The predicted molar refractivity (Wildman–Crippen MR) is 107 cm³/mol. The summed E-state index contributed by atoms with van der Waals surface area (Å²) < 4.78 is 27.9. The van der Waals surface area contributed by atoms with Gasteiger partial charge >= 0.3 is 0 Å². The molecule has 0 aliphatic heterocycles. The molecule has 2 aromatic carbocycles. The maximum atomic E-state index is 12.7. The van der Waals surface area contributed by atoms with Crippen molar-refractivity contribution in [3.8, 4) is 0 Å². The van der Waals surface area contributed by atoms with E-state index in [-0.39, 0.29) is 23.0 Å². The normalized spacial score (nSPS) is 11.0. The number of likely N-dealkylation sites (N-methyl/N-ethyl adjacent to an activating group) is 2. The van der Waals surface area contributed by atoms with Crippen LogP contribution in [0.4, 0.5) is 17.1 Å². The van der Waals surface area contributed by atoms with Crippen LogP contribution in [0, 0.1) is 24.0 Å². The van der Waals surface area contributed by atoms with Gasteiger partial charge in [0.15, 0.2) is 0 Å². The molecule has 2 aromatic rings. The predicted octanol–water partition coefficient (Wildman–Crippen LogP) is 2.19. The largest absolute Gasteiger partial charge is 0.360 e. The summed E-state index contributed by atoms with van der Waals surface area (Å²) in [6, 6.07) is 8.82. The summed E-state index contributed by atoms with van der Waals surface area (Å²) in [6.45, 7) is 3.55. The summed E-state index contributed by atoms with van der Waals surface area (Å²) in [5.74, 6) is -0.329. The minimum atomic E-state index is -4.03. The van der Waals surface area contributed by atoms with Gasteiger partial charge in [0, 0.05) is 20.2 Å². The summed E-state index contributed by atoms with van der Waals surface area (Å²) in [6.07, 6.45) is 0. The van der Waals surface area contributed by atoms with Crippen LogP contribution in [0.1, 0.15) is 11.1 Å². The van der Waals surface area contributed by atoms with Gasteiger partial charge in [-0.3, -0.25) is 19.6 Å². The lowest BCUT2D eigenvalue weighted by molar-refractivity contribution is -0.384. The lowest BCUT2D eigenvalue weighted by Crippen LogP contribution is -2.33. The minimum Gasteiger partial charge on any atom is -0.360 e. The number of sulfonamides is 1. The zero-order valence-corrected chi connectivity index (χ0v) is 16.8. The molecule has 0 aromatic heterocycles. The van der Waals surface area contributed by atoms with Crippen molar-refractivity contribution in [3.05, 3.63) is 57.6 Å². The van der Waals surface area contributed by atoms with Crippen LogP contribution in [0.25, 0.3) is 0 Å². The highest BCUT2D eigenvalue weighted by Crippen LogP contribution is 2.31. The molecule has 0 aliphatic rings. The first kappa shape index (κ1) is 21.2. The van der Waals surface area contributed by atoms with Gasteiger partial charge in [-0.15, -0.1) is 0 Å². The van der Waals surface area contributed by atoms with Gasteiger partial charge in [0.2, 0.25) is 5.91 Å². The minimum absolute atomic E-state index is 0.107. The summed E-state index contributed by atoms with van der Waals surface area (Å²) in [5.41, 5.74) is 1.85. The van der Waals surface area contributed by atoms with Gasteiger partial charge in [-0.1, -0.05) is 17.7 Å². The number of nitrogens with one attached hydrogen (secondary N) is 2. The summed E-state index contributed by atoms with van der Waals surface area (Å²) in [7, 11) is -1.06. The zero-order valence-electron chi connectivity index (χ0n) is 16.0. The molecular weight excluding hydrogens is 384 g/mol. The molecule has 0 saturated carbocycles. The Kier molecular flexibility index (Phi) is 6.24. The van der Waals surface area contributed by atoms with E-state index in [0.29, 0.717) is 5.69 Å². The number of amides is 1. The molecule has 1 amide bonds. The van der Waals surface area contributed by atoms with E-state index in [1.54, 1.807) is 19.1 Å². The first-order chi connectivity index (χ1) is 13.0. The van der Waals surface area contributed by atoms with E-state index in [2.05, 4.69) is 10.0 Å². The molecule has 2 N–H and O–H groups in total. The Bertz CT molecular complexity index is 1020. The number of nitrogens with zero attached hydrogens (tertiary/aromatic N) is 2. The van der Waals surface area contributed by atoms with Gasteiger partial charge < -0.3 is 10.2 Å². The van der Waals surface area contributed by atoms with Crippen molar-refractivity contribution in [2.24, 2.45) is 0 Å². The monoisotopic (exact) mass is 406 g/mol. The van der Waals surface area contributed by atoms with E-state index in [0.717, 1.165) is 17.2 Å². The molecule has 28 heavy (non-hydrogen) atoms. The van der Waals surface area contributed by atoms with Crippen LogP contribution in [-0.2, 0) is 14.8 Å². The number of anilines is 2. The van der Waals surface area contributed by atoms with Crippen molar-refractivity contribution in [1.29, 1.82) is 0 Å². The van der Waals surface area contributed by atoms with Crippen LogP contribution in [0.15, 0.2) is 41.3 Å². The van der Waals surface area contributed by atoms with E-state index >= 15 is 0 Å². The highest BCUT2D eigenvalue weighted by atomic mass is 32.2. The fourth-order valence-electron chi connectivity index (χ4n) is 2.65. The van der Waals surface area contributed by atoms with Crippen LogP contribution >= 0.6 is 0 Å². The van der Waals surface area contributed by atoms with Crippen molar-refractivity contribution in [2.75, 3.05) is 30.3 Å². The number of nitro benzene ring substituents is 1. The van der Waals surface area contributed by atoms with Crippen LogP contribution in [0.2, 0.25) is 0 Å². The van der Waals surface area contributed by atoms with E-state index in [9.17, 15) is 23.3 Å². The standard InChI is InChI=1S/C18H22N4O5S/c1-12-5-7-15(13(2)9-12)20-28(26,27)14-6-8-16(17(10-14)22(24)25)21(4)11-18(23)19-3/h5-10,20H,11H2,1-4H3,(H,19,23). The number of carbonyl (C=O) groups is 1. The van der Waals surface area contributed by atoms with E-state index in [1.165, 1.54) is 31.1 Å². The Balaban J connectivity index is 2.41. The summed E-state index contributed by atoms with van der Waals surface area (Å²) >= 11 is 0. The van der Waals surface area contributed by atoms with E-state index in [1.807, 2.05) is 13.0 Å². The van der Waals surface area contributed by atoms with Gasteiger partial charge in [-0.2, -0.15) is 0 Å². The topological polar surface area (TPSA) is 122 Å². The van der Waals surface area contributed by atoms with Gasteiger partial charge in [0.25, 0.3) is 15.7 Å². The second-order valence-corrected chi connectivity index (χ2v) is 8.04. The molecule has 9 nitrogen and oxygen atoms in total. The summed E-state index contributed by atoms with van der Waals surface area (Å²) in [4.78, 5) is 23.5. The number of benzene rings is 2. The molecule has 0 radical (unpaired) electrons. The van der Waals surface area contributed by atoms with Gasteiger partial charge in [0.1, 0.15) is 5.69 Å². The van der Waals surface area contributed by atoms with Crippen molar-refractivity contribution < 1.29 is 18.1 Å². The molecule has 0 bridgehead atoms. The van der Waals surface area contributed by atoms with Crippen molar-refractivity contribution >= 4 is 33.0 Å². The van der Waals surface area contributed by atoms with Crippen LogP contribution in [0.5, 0.6) is 0 Å². The Morgan fingerprint density at radius 3 is 2.43 bits per heavy atom. The molecule has 0 heterocycles. The van der Waals surface area contributed by atoms with Crippen LogP contribution in [0.3, 0.4) is 0 Å². The maximum Gasteiger partial charge on any atom is 0.293 e. The average Bonchev–Trinajstić information content (AvgIpc) is 2.63. The third-order valence-corrected chi connectivity index (χ3v) is 5.51. The Morgan fingerprint density at radius 2 is 1.86 bits per heavy atom. The third kappa shape index (κ3) is 4.77. The second kappa shape index (κ2) is 8.26. The fourth-order valence-corrected chi connectivity index (χ4v) is 3.80.